The first-order valence-corrected chi connectivity index (χ1v) is 11.5. The van der Waals surface area contributed by atoms with Crippen molar-refractivity contribution in [3.05, 3.63) is 60.5 Å². The molecule has 7 nitrogen and oxygen atoms in total. The minimum absolute atomic E-state index is 0.0307. The van der Waals surface area contributed by atoms with Crippen LogP contribution in [-0.4, -0.2) is 36.6 Å². The Bertz CT molecular complexity index is 1230. The summed E-state index contributed by atoms with van der Waals surface area (Å²) in [5.41, 5.74) is 1.64. The van der Waals surface area contributed by atoms with Crippen LogP contribution in [0.5, 0.6) is 0 Å². The highest BCUT2D eigenvalue weighted by Crippen LogP contribution is 2.41. The van der Waals surface area contributed by atoms with Crippen LogP contribution in [0.1, 0.15) is 6.92 Å². The van der Waals surface area contributed by atoms with E-state index in [2.05, 4.69) is 15.3 Å². The second-order valence-electron chi connectivity index (χ2n) is 6.37. The number of halogens is 1. The van der Waals surface area contributed by atoms with Crippen molar-refractivity contribution in [2.75, 3.05) is 21.9 Å². The van der Waals surface area contributed by atoms with Gasteiger partial charge in [0.05, 0.1) is 29.0 Å². The number of fused-ring (bicyclic) bond motifs is 3. The molecule has 0 spiro atoms. The molecule has 1 N–H and O–H groups in total. The number of rotatable bonds is 5. The van der Waals surface area contributed by atoms with Gasteiger partial charge in [0.1, 0.15) is 10.7 Å². The third-order valence-electron chi connectivity index (χ3n) is 4.50. The van der Waals surface area contributed by atoms with Crippen molar-refractivity contribution < 1.29 is 17.6 Å². The number of carbonyl (C=O) groups excluding carboxylic acids is 1. The van der Waals surface area contributed by atoms with E-state index in [0.717, 1.165) is 11.8 Å². The highest BCUT2D eigenvalue weighted by molar-refractivity contribution is 7.99. The van der Waals surface area contributed by atoms with E-state index >= 15 is 0 Å². The van der Waals surface area contributed by atoms with Crippen molar-refractivity contribution in [2.24, 2.45) is 0 Å². The molecular weight excluding hydrogens is 427 g/mol. The fourth-order valence-electron chi connectivity index (χ4n) is 3.16. The molecule has 10 heteroatoms. The summed E-state index contributed by atoms with van der Waals surface area (Å²) >= 11 is 1.04. The number of nitrogens with one attached hydrogen (secondary N) is 1. The quantitative estimate of drug-likeness (QED) is 0.478. The molecule has 1 aliphatic rings. The van der Waals surface area contributed by atoms with Crippen LogP contribution >= 0.6 is 11.8 Å². The standard InChI is InChI=1S/C20H17FN4O3S2/c1-2-25-16-10-6-3-7-13(16)19-17(30(25,27)28)11-22-20(24-19)29-12-18(26)23-15-9-5-4-8-14(15)21/h3-11H,2,12H2,1H3,(H,23,26). The molecule has 0 aliphatic carbocycles. The summed E-state index contributed by atoms with van der Waals surface area (Å²) in [6, 6.07) is 13.0. The molecular formula is C20H17FN4O3S2. The summed E-state index contributed by atoms with van der Waals surface area (Å²) < 4.78 is 40.9. The second kappa shape index (κ2) is 8.04. The van der Waals surface area contributed by atoms with Crippen molar-refractivity contribution >= 4 is 39.1 Å². The Balaban J connectivity index is 1.59. The molecule has 1 amide bonds. The molecule has 0 saturated heterocycles. The average Bonchev–Trinajstić information content (AvgIpc) is 2.74. The lowest BCUT2D eigenvalue weighted by Crippen LogP contribution is -2.34. The molecule has 2 aromatic carbocycles. The van der Waals surface area contributed by atoms with Gasteiger partial charge in [0.25, 0.3) is 10.0 Å². The van der Waals surface area contributed by atoms with E-state index in [1.165, 1.54) is 28.7 Å². The molecule has 0 unspecified atom stereocenters. The van der Waals surface area contributed by atoms with E-state index in [1.807, 2.05) is 6.07 Å². The van der Waals surface area contributed by atoms with Gasteiger partial charge in [0, 0.05) is 12.1 Å². The Kier molecular flexibility index (Phi) is 5.44. The highest BCUT2D eigenvalue weighted by Gasteiger charge is 2.35. The largest absolute Gasteiger partial charge is 0.323 e. The van der Waals surface area contributed by atoms with Crippen LogP contribution in [0, 0.1) is 5.82 Å². The van der Waals surface area contributed by atoms with Crippen molar-refractivity contribution in [1.82, 2.24) is 9.97 Å². The van der Waals surface area contributed by atoms with Crippen LogP contribution in [0.25, 0.3) is 11.3 Å². The summed E-state index contributed by atoms with van der Waals surface area (Å²) in [6.07, 6.45) is 1.27. The number of carbonyl (C=O) groups is 1. The van der Waals surface area contributed by atoms with Gasteiger partial charge in [-0.05, 0) is 25.1 Å². The Morgan fingerprint density at radius 3 is 2.67 bits per heavy atom. The second-order valence-corrected chi connectivity index (χ2v) is 9.14. The first-order chi connectivity index (χ1) is 14.4. The molecule has 0 bridgehead atoms. The first kappa shape index (κ1) is 20.3. The average molecular weight is 445 g/mol. The molecule has 0 saturated carbocycles. The number of hydrogen-bond acceptors (Lipinski definition) is 6. The minimum atomic E-state index is -3.76. The number of sulfonamides is 1. The molecule has 30 heavy (non-hydrogen) atoms. The van der Waals surface area contributed by atoms with Gasteiger partial charge in [-0.2, -0.15) is 0 Å². The monoisotopic (exact) mass is 444 g/mol. The maximum atomic E-state index is 13.7. The Morgan fingerprint density at radius 2 is 1.90 bits per heavy atom. The summed E-state index contributed by atoms with van der Waals surface area (Å²) in [5.74, 6) is -0.998. The fraction of sp³-hybridized carbons (Fsp3) is 0.150. The van der Waals surface area contributed by atoms with Gasteiger partial charge in [-0.1, -0.05) is 42.1 Å². The van der Waals surface area contributed by atoms with Crippen molar-refractivity contribution in [3.8, 4) is 11.3 Å². The number of aromatic nitrogens is 2. The zero-order valence-corrected chi connectivity index (χ0v) is 17.5. The Hall–Kier alpha value is -2.98. The minimum Gasteiger partial charge on any atom is -0.323 e. The molecule has 154 valence electrons. The number of para-hydroxylation sites is 2. The molecule has 1 aromatic heterocycles. The van der Waals surface area contributed by atoms with Crippen molar-refractivity contribution in [2.45, 2.75) is 17.0 Å². The van der Waals surface area contributed by atoms with Gasteiger partial charge in [0.15, 0.2) is 5.16 Å². The summed E-state index contributed by atoms with van der Waals surface area (Å²) in [5, 5.41) is 2.75. The van der Waals surface area contributed by atoms with Crippen LogP contribution in [0.4, 0.5) is 15.8 Å². The van der Waals surface area contributed by atoms with Gasteiger partial charge in [-0.25, -0.2) is 22.8 Å². The Morgan fingerprint density at radius 1 is 1.17 bits per heavy atom. The van der Waals surface area contributed by atoms with Crippen LogP contribution < -0.4 is 9.62 Å². The lowest BCUT2D eigenvalue weighted by molar-refractivity contribution is -0.113. The van der Waals surface area contributed by atoms with Crippen molar-refractivity contribution in [3.63, 3.8) is 0 Å². The number of nitrogens with zero attached hydrogens (tertiary/aromatic N) is 3. The van der Waals surface area contributed by atoms with Crippen LogP contribution in [0.3, 0.4) is 0 Å². The van der Waals surface area contributed by atoms with Gasteiger partial charge >= 0.3 is 0 Å². The maximum Gasteiger partial charge on any atom is 0.268 e. The van der Waals surface area contributed by atoms with Crippen LogP contribution in [0.2, 0.25) is 0 Å². The third kappa shape index (κ3) is 3.63. The van der Waals surface area contributed by atoms with Crippen LogP contribution in [0.15, 0.2) is 64.8 Å². The van der Waals surface area contributed by atoms with Crippen LogP contribution in [-0.2, 0) is 14.8 Å². The van der Waals surface area contributed by atoms with E-state index < -0.39 is 21.7 Å². The summed E-state index contributed by atoms with van der Waals surface area (Å²) in [6.45, 7) is 2.05. The summed E-state index contributed by atoms with van der Waals surface area (Å²) in [7, 11) is -3.76. The van der Waals surface area contributed by atoms with Crippen molar-refractivity contribution in [1.29, 1.82) is 0 Å². The normalized spacial score (nSPS) is 14.0. The van der Waals surface area contributed by atoms with E-state index in [9.17, 15) is 17.6 Å². The van der Waals surface area contributed by atoms with Gasteiger partial charge in [-0.3, -0.25) is 9.10 Å². The number of thioether (sulfide) groups is 1. The van der Waals surface area contributed by atoms with E-state index in [-0.39, 0.29) is 28.0 Å². The van der Waals surface area contributed by atoms with E-state index in [4.69, 9.17) is 0 Å². The number of benzene rings is 2. The zero-order valence-electron chi connectivity index (χ0n) is 15.9. The lowest BCUT2D eigenvalue weighted by atomic mass is 10.1. The number of hydrogen-bond donors (Lipinski definition) is 1. The molecule has 0 radical (unpaired) electrons. The maximum absolute atomic E-state index is 13.7. The Labute approximate surface area is 177 Å². The molecule has 0 atom stereocenters. The smallest absolute Gasteiger partial charge is 0.268 e. The zero-order chi connectivity index (χ0) is 21.3. The van der Waals surface area contributed by atoms with Gasteiger partial charge in [0.2, 0.25) is 5.91 Å². The topological polar surface area (TPSA) is 92.3 Å². The molecule has 3 aromatic rings. The first-order valence-electron chi connectivity index (χ1n) is 9.08. The fourth-order valence-corrected chi connectivity index (χ4v) is 5.36. The molecule has 0 fully saturated rings. The van der Waals surface area contributed by atoms with Gasteiger partial charge in [-0.15, -0.1) is 0 Å². The SMILES string of the molecule is CCN1c2ccccc2-c2nc(SCC(=O)Nc3ccccc3F)ncc2S1(=O)=O. The summed E-state index contributed by atoms with van der Waals surface area (Å²) in [4.78, 5) is 20.7. The van der Waals surface area contributed by atoms with E-state index in [0.29, 0.717) is 16.9 Å². The molecule has 1 aliphatic heterocycles. The number of anilines is 2. The predicted octanol–water partition coefficient (Wildman–Crippen LogP) is 3.54. The molecule has 4 rings (SSSR count). The van der Waals surface area contributed by atoms with Gasteiger partial charge < -0.3 is 5.32 Å². The lowest BCUT2D eigenvalue weighted by Gasteiger charge is -2.30. The molecule has 2 heterocycles. The number of amides is 1. The predicted molar refractivity (Wildman–Crippen MR) is 113 cm³/mol. The highest BCUT2D eigenvalue weighted by atomic mass is 32.2. The van der Waals surface area contributed by atoms with E-state index in [1.54, 1.807) is 31.2 Å². The third-order valence-corrected chi connectivity index (χ3v) is 7.25.